The summed E-state index contributed by atoms with van der Waals surface area (Å²) in [6, 6.07) is 3.23. The van der Waals surface area contributed by atoms with E-state index < -0.39 is 12.0 Å². The van der Waals surface area contributed by atoms with Gasteiger partial charge in [-0.25, -0.2) is 0 Å². The van der Waals surface area contributed by atoms with Crippen molar-refractivity contribution in [2.75, 3.05) is 31.1 Å². The molecule has 0 aliphatic carbocycles. The zero-order valence-corrected chi connectivity index (χ0v) is 11.0. The van der Waals surface area contributed by atoms with Crippen LogP contribution in [0.25, 0.3) is 5.65 Å². The molecule has 6 nitrogen and oxygen atoms in total. The highest BCUT2D eigenvalue weighted by molar-refractivity contribution is 5.47. The van der Waals surface area contributed by atoms with E-state index in [1.165, 1.54) is 6.07 Å². The topological polar surface area (TPSA) is 58.4 Å². The van der Waals surface area contributed by atoms with Gasteiger partial charge in [0.2, 0.25) is 0 Å². The number of anilines is 1. The van der Waals surface area contributed by atoms with Crippen LogP contribution in [0, 0.1) is 11.8 Å². The van der Waals surface area contributed by atoms with Crippen LogP contribution >= 0.6 is 0 Å². The minimum atomic E-state index is -4.56. The van der Waals surface area contributed by atoms with Gasteiger partial charge in [0.15, 0.2) is 5.65 Å². The molecule has 2 atom stereocenters. The summed E-state index contributed by atoms with van der Waals surface area (Å²) in [7, 11) is 0. The van der Waals surface area contributed by atoms with Crippen LogP contribution in [0.5, 0.6) is 0 Å². The van der Waals surface area contributed by atoms with E-state index in [2.05, 4.69) is 20.6 Å². The maximum absolute atomic E-state index is 12.9. The van der Waals surface area contributed by atoms with Gasteiger partial charge in [-0.15, -0.1) is 15.3 Å². The number of halogens is 3. The van der Waals surface area contributed by atoms with E-state index in [4.69, 9.17) is 0 Å². The summed E-state index contributed by atoms with van der Waals surface area (Å²) in [4.78, 5) is 2.04. The predicted molar refractivity (Wildman–Crippen MR) is 67.8 cm³/mol. The summed E-state index contributed by atoms with van der Waals surface area (Å²) in [5, 5.41) is 14.1. The van der Waals surface area contributed by atoms with E-state index >= 15 is 0 Å². The molecule has 0 aromatic carbocycles. The van der Waals surface area contributed by atoms with Gasteiger partial charge in [-0.2, -0.15) is 17.7 Å². The monoisotopic (exact) mass is 298 g/mol. The molecule has 2 aliphatic heterocycles. The van der Waals surface area contributed by atoms with E-state index in [0.717, 1.165) is 30.7 Å². The van der Waals surface area contributed by atoms with Crippen LogP contribution < -0.4 is 10.2 Å². The summed E-state index contributed by atoms with van der Waals surface area (Å²) in [5.41, 5.74) is 0.104. The Morgan fingerprint density at radius 1 is 1.10 bits per heavy atom. The first-order chi connectivity index (χ1) is 10.0. The molecule has 0 unspecified atom stereocenters. The van der Waals surface area contributed by atoms with Crippen molar-refractivity contribution in [2.45, 2.75) is 6.18 Å². The average Bonchev–Trinajstić information content (AvgIpc) is 3.10. The second-order valence-electron chi connectivity index (χ2n) is 5.57. The average molecular weight is 298 g/mol. The quantitative estimate of drug-likeness (QED) is 0.844. The largest absolute Gasteiger partial charge is 0.453 e. The van der Waals surface area contributed by atoms with Crippen LogP contribution in [0.1, 0.15) is 5.82 Å². The molecule has 2 saturated heterocycles. The Morgan fingerprint density at radius 2 is 1.81 bits per heavy atom. The molecule has 9 heteroatoms. The molecule has 0 radical (unpaired) electrons. The summed E-state index contributed by atoms with van der Waals surface area (Å²) in [6.07, 6.45) is -4.56. The molecule has 2 fully saturated rings. The number of rotatable bonds is 1. The van der Waals surface area contributed by atoms with Crippen LogP contribution in [0.4, 0.5) is 19.0 Å². The van der Waals surface area contributed by atoms with Crippen LogP contribution in [-0.2, 0) is 6.18 Å². The minimum Gasteiger partial charge on any atom is -0.355 e. The van der Waals surface area contributed by atoms with Crippen molar-refractivity contribution < 1.29 is 13.2 Å². The lowest BCUT2D eigenvalue weighted by molar-refractivity contribution is -0.146. The number of aromatic nitrogens is 4. The molecule has 0 saturated carbocycles. The Labute approximate surface area is 117 Å². The molecule has 2 aromatic rings. The number of nitrogens with zero attached hydrogens (tertiary/aromatic N) is 5. The molecule has 112 valence electrons. The van der Waals surface area contributed by atoms with Gasteiger partial charge < -0.3 is 10.2 Å². The Kier molecular flexibility index (Phi) is 2.62. The fourth-order valence-corrected chi connectivity index (χ4v) is 3.17. The normalized spacial score (nSPS) is 25.8. The molecule has 0 amide bonds. The van der Waals surface area contributed by atoms with Gasteiger partial charge in [0, 0.05) is 26.2 Å². The maximum Gasteiger partial charge on any atom is 0.453 e. The van der Waals surface area contributed by atoms with Crippen LogP contribution in [0.15, 0.2) is 12.1 Å². The van der Waals surface area contributed by atoms with Gasteiger partial charge >= 0.3 is 6.18 Å². The summed E-state index contributed by atoms with van der Waals surface area (Å²) in [5.74, 6) is 0.554. The third-order valence-corrected chi connectivity index (χ3v) is 4.22. The van der Waals surface area contributed by atoms with Crippen LogP contribution in [0.3, 0.4) is 0 Å². The highest BCUT2D eigenvalue weighted by Crippen LogP contribution is 2.31. The zero-order valence-electron chi connectivity index (χ0n) is 11.0. The molecular formula is C12H13F3N6. The van der Waals surface area contributed by atoms with Crippen molar-refractivity contribution in [2.24, 2.45) is 11.8 Å². The summed E-state index contributed by atoms with van der Waals surface area (Å²) < 4.78 is 39.4. The van der Waals surface area contributed by atoms with Crippen molar-refractivity contribution in [3.8, 4) is 0 Å². The summed E-state index contributed by atoms with van der Waals surface area (Å²) in [6.45, 7) is 3.56. The molecule has 4 heterocycles. The first-order valence-corrected chi connectivity index (χ1v) is 6.78. The van der Waals surface area contributed by atoms with E-state index in [-0.39, 0.29) is 5.65 Å². The Balaban J connectivity index is 1.70. The highest BCUT2D eigenvalue weighted by Gasteiger charge is 2.39. The number of alkyl halides is 3. The van der Waals surface area contributed by atoms with E-state index in [1.807, 2.05) is 4.90 Å². The summed E-state index contributed by atoms with van der Waals surface area (Å²) >= 11 is 0. The third kappa shape index (κ3) is 2.03. The second kappa shape index (κ2) is 4.30. The highest BCUT2D eigenvalue weighted by atomic mass is 19.4. The zero-order chi connectivity index (χ0) is 14.6. The van der Waals surface area contributed by atoms with Crippen molar-refractivity contribution in [3.63, 3.8) is 0 Å². The lowest BCUT2D eigenvalue weighted by Gasteiger charge is -2.18. The number of hydrogen-bond acceptors (Lipinski definition) is 5. The number of nitrogens with one attached hydrogen (secondary N) is 1. The van der Waals surface area contributed by atoms with Gasteiger partial charge in [-0.3, -0.25) is 0 Å². The van der Waals surface area contributed by atoms with Gasteiger partial charge in [0.1, 0.15) is 5.82 Å². The van der Waals surface area contributed by atoms with Crippen molar-refractivity contribution in [3.05, 3.63) is 18.0 Å². The molecular weight excluding hydrogens is 285 g/mol. The van der Waals surface area contributed by atoms with Crippen LogP contribution in [-0.4, -0.2) is 46.0 Å². The van der Waals surface area contributed by atoms with E-state index in [1.54, 1.807) is 6.07 Å². The first kappa shape index (κ1) is 12.8. The molecule has 0 bridgehead atoms. The van der Waals surface area contributed by atoms with Crippen LogP contribution in [0.2, 0.25) is 0 Å². The maximum atomic E-state index is 12.9. The van der Waals surface area contributed by atoms with Gasteiger partial charge in [0.25, 0.3) is 5.82 Å². The number of fused-ring (bicyclic) bond motifs is 2. The number of hydrogen-bond donors (Lipinski definition) is 1. The van der Waals surface area contributed by atoms with Gasteiger partial charge in [-0.1, -0.05) is 0 Å². The Morgan fingerprint density at radius 3 is 2.48 bits per heavy atom. The Bertz CT molecular complexity index is 669. The smallest absolute Gasteiger partial charge is 0.355 e. The molecule has 21 heavy (non-hydrogen) atoms. The van der Waals surface area contributed by atoms with E-state index in [0.29, 0.717) is 17.7 Å². The Hall–Kier alpha value is -1.90. The van der Waals surface area contributed by atoms with Gasteiger partial charge in [0.05, 0.1) is 0 Å². The van der Waals surface area contributed by atoms with Crippen molar-refractivity contribution in [1.82, 2.24) is 25.1 Å². The lowest BCUT2D eigenvalue weighted by atomic mass is 10.0. The van der Waals surface area contributed by atoms with E-state index in [9.17, 15) is 13.2 Å². The minimum absolute atomic E-state index is 0.104. The molecule has 4 rings (SSSR count). The molecule has 2 aromatic heterocycles. The third-order valence-electron chi connectivity index (χ3n) is 4.22. The predicted octanol–water partition coefficient (Wildman–Crippen LogP) is 0.799. The van der Waals surface area contributed by atoms with Crippen molar-refractivity contribution >= 4 is 11.5 Å². The standard InChI is InChI=1S/C12H13F3N6/c13-12(14,15)11-18-17-9-1-2-10(19-21(9)11)20-5-7-3-16-4-8(7)6-20/h1-2,7-8,16H,3-6H2/t7-,8+. The fraction of sp³-hybridized carbons (Fsp3) is 0.583. The molecule has 1 N–H and O–H groups in total. The second-order valence-corrected chi connectivity index (χ2v) is 5.57. The molecule has 0 spiro atoms. The van der Waals surface area contributed by atoms with Crippen molar-refractivity contribution in [1.29, 1.82) is 0 Å². The first-order valence-electron chi connectivity index (χ1n) is 6.78. The fourth-order valence-electron chi connectivity index (χ4n) is 3.17. The molecule has 2 aliphatic rings. The SMILES string of the molecule is FC(F)(F)c1nnc2ccc(N3C[C@H]4CNC[C@H]4C3)nn12. The lowest BCUT2D eigenvalue weighted by Crippen LogP contribution is -2.27. The van der Waals surface area contributed by atoms with Gasteiger partial charge in [-0.05, 0) is 24.0 Å².